The van der Waals surface area contributed by atoms with E-state index in [1.54, 1.807) is 6.20 Å². The van der Waals surface area contributed by atoms with Gasteiger partial charge in [-0.2, -0.15) is 0 Å². The minimum absolute atomic E-state index is 0.0772. The third kappa shape index (κ3) is 23.1. The van der Waals surface area contributed by atoms with Crippen LogP contribution in [0.1, 0.15) is 88.2 Å². The van der Waals surface area contributed by atoms with Gasteiger partial charge in [-0.1, -0.05) is 81.5 Å². The van der Waals surface area contributed by atoms with Gasteiger partial charge in [0.25, 0.3) is 5.91 Å². The molecule has 1 aromatic heterocycles. The Hall–Kier alpha value is -3.33. The van der Waals surface area contributed by atoms with Crippen LogP contribution in [0.4, 0.5) is 0 Å². The van der Waals surface area contributed by atoms with E-state index in [1.807, 2.05) is 26.0 Å². The third-order valence-corrected chi connectivity index (χ3v) is 7.02. The van der Waals surface area contributed by atoms with Crippen molar-refractivity contribution in [2.75, 3.05) is 59.0 Å². The molecular weight excluding hydrogens is 574 g/mol. The Morgan fingerprint density at radius 2 is 1.39 bits per heavy atom. The lowest BCUT2D eigenvalue weighted by Gasteiger charge is -2.26. The molecule has 8 nitrogen and oxygen atoms in total. The largest absolute Gasteiger partial charge is 0.379 e. The van der Waals surface area contributed by atoms with Crippen LogP contribution in [-0.2, 0) is 16.0 Å². The van der Waals surface area contributed by atoms with E-state index in [9.17, 15) is 9.59 Å². The SMILES string of the molecule is CC.CC/C=C\C/C=C\C/C=C\C/C=C\C/C=C\CCCC(=O)NCCNCCNC(=O)c1ccc(CCN2CCOCC2)nc1. The van der Waals surface area contributed by atoms with Crippen molar-refractivity contribution >= 4 is 11.8 Å². The molecule has 2 amide bonds. The average molecular weight is 636 g/mol. The van der Waals surface area contributed by atoms with E-state index in [1.165, 1.54) is 0 Å². The summed E-state index contributed by atoms with van der Waals surface area (Å²) in [5, 5.41) is 9.10. The smallest absolute Gasteiger partial charge is 0.252 e. The Morgan fingerprint density at radius 1 is 0.804 bits per heavy atom. The molecule has 2 heterocycles. The van der Waals surface area contributed by atoms with Crippen molar-refractivity contribution in [1.82, 2.24) is 25.8 Å². The predicted octanol–water partition coefficient (Wildman–Crippen LogP) is 6.34. The first kappa shape index (κ1) is 40.7. The topological polar surface area (TPSA) is 95.6 Å². The highest BCUT2D eigenvalue weighted by Crippen LogP contribution is 2.04. The van der Waals surface area contributed by atoms with Crippen LogP contribution in [0, 0.1) is 0 Å². The van der Waals surface area contributed by atoms with Gasteiger partial charge >= 0.3 is 0 Å². The van der Waals surface area contributed by atoms with Gasteiger partial charge in [0, 0.05) is 70.5 Å². The molecule has 1 aliphatic rings. The summed E-state index contributed by atoms with van der Waals surface area (Å²) in [5.41, 5.74) is 1.56. The van der Waals surface area contributed by atoms with Crippen molar-refractivity contribution in [3.63, 3.8) is 0 Å². The summed E-state index contributed by atoms with van der Waals surface area (Å²) in [4.78, 5) is 31.2. The average Bonchev–Trinajstić information content (AvgIpc) is 3.09. The van der Waals surface area contributed by atoms with E-state index in [2.05, 4.69) is 93.5 Å². The first-order valence-electron chi connectivity index (χ1n) is 17.4. The fraction of sp³-hybridized carbons (Fsp3) is 0.553. The van der Waals surface area contributed by atoms with E-state index >= 15 is 0 Å². The minimum atomic E-state index is -0.125. The molecule has 0 radical (unpaired) electrons. The van der Waals surface area contributed by atoms with Gasteiger partial charge in [-0.15, -0.1) is 0 Å². The molecule has 0 bridgehead atoms. The van der Waals surface area contributed by atoms with Crippen molar-refractivity contribution in [2.45, 2.75) is 78.6 Å². The molecular formula is C38H61N5O3. The van der Waals surface area contributed by atoms with Gasteiger partial charge in [-0.05, 0) is 57.1 Å². The number of carbonyl (C=O) groups excluding carboxylic acids is 2. The zero-order chi connectivity index (χ0) is 33.3. The van der Waals surface area contributed by atoms with E-state index in [-0.39, 0.29) is 11.8 Å². The summed E-state index contributed by atoms with van der Waals surface area (Å²) in [5.74, 6) is -0.0480. The molecule has 1 aliphatic heterocycles. The van der Waals surface area contributed by atoms with Crippen LogP contribution >= 0.6 is 0 Å². The van der Waals surface area contributed by atoms with Crippen molar-refractivity contribution in [1.29, 1.82) is 0 Å². The lowest BCUT2D eigenvalue weighted by Crippen LogP contribution is -2.37. The Bertz CT molecular complexity index is 1040. The number of carbonyl (C=O) groups is 2. The van der Waals surface area contributed by atoms with Crippen LogP contribution in [0.3, 0.4) is 0 Å². The number of rotatable bonds is 23. The van der Waals surface area contributed by atoms with Gasteiger partial charge in [-0.3, -0.25) is 19.5 Å². The molecule has 256 valence electrons. The maximum Gasteiger partial charge on any atom is 0.252 e. The number of nitrogens with zero attached hydrogens (tertiary/aromatic N) is 2. The zero-order valence-electron chi connectivity index (χ0n) is 28.9. The van der Waals surface area contributed by atoms with Crippen LogP contribution in [0.15, 0.2) is 79.1 Å². The third-order valence-electron chi connectivity index (χ3n) is 7.02. The highest BCUT2D eigenvalue weighted by molar-refractivity contribution is 5.93. The Balaban J connectivity index is 0.00000518. The molecule has 8 heteroatoms. The van der Waals surface area contributed by atoms with Crippen molar-refractivity contribution in [3.8, 4) is 0 Å². The second-order valence-corrected chi connectivity index (χ2v) is 10.7. The minimum Gasteiger partial charge on any atom is -0.379 e. The quantitative estimate of drug-likeness (QED) is 0.0960. The molecule has 1 aromatic rings. The Labute approximate surface area is 279 Å². The zero-order valence-corrected chi connectivity index (χ0v) is 28.9. The number of aromatic nitrogens is 1. The Kier molecular flexibility index (Phi) is 26.8. The van der Waals surface area contributed by atoms with Crippen LogP contribution < -0.4 is 16.0 Å². The fourth-order valence-corrected chi connectivity index (χ4v) is 4.42. The van der Waals surface area contributed by atoms with E-state index in [0.717, 1.165) is 89.9 Å². The molecule has 0 aliphatic carbocycles. The van der Waals surface area contributed by atoms with Gasteiger partial charge in [0.15, 0.2) is 0 Å². The summed E-state index contributed by atoms with van der Waals surface area (Å²) < 4.78 is 5.38. The molecule has 1 saturated heterocycles. The maximum absolute atomic E-state index is 12.4. The number of allylic oxidation sites excluding steroid dienone is 10. The molecule has 3 N–H and O–H groups in total. The second kappa shape index (κ2) is 30.3. The summed E-state index contributed by atoms with van der Waals surface area (Å²) in [6.45, 7) is 13.0. The maximum atomic E-state index is 12.4. The van der Waals surface area contributed by atoms with E-state index < -0.39 is 0 Å². The number of unbranched alkanes of at least 4 members (excludes halogenated alkanes) is 1. The van der Waals surface area contributed by atoms with Crippen LogP contribution in [0.5, 0.6) is 0 Å². The summed E-state index contributed by atoms with van der Waals surface area (Å²) in [6, 6.07) is 3.77. The van der Waals surface area contributed by atoms with E-state index in [4.69, 9.17) is 4.74 Å². The number of ether oxygens (including phenoxy) is 1. The number of amides is 2. The van der Waals surface area contributed by atoms with Gasteiger partial charge in [0.1, 0.15) is 0 Å². The second-order valence-electron chi connectivity index (χ2n) is 10.7. The number of nitrogens with one attached hydrogen (secondary N) is 3. The lowest BCUT2D eigenvalue weighted by molar-refractivity contribution is -0.121. The molecule has 0 saturated carbocycles. The van der Waals surface area contributed by atoms with Crippen LogP contribution in [0.25, 0.3) is 0 Å². The van der Waals surface area contributed by atoms with E-state index in [0.29, 0.717) is 38.2 Å². The van der Waals surface area contributed by atoms with Gasteiger partial charge in [0.05, 0.1) is 18.8 Å². The number of pyridine rings is 1. The monoisotopic (exact) mass is 635 g/mol. The van der Waals surface area contributed by atoms with Crippen LogP contribution in [-0.4, -0.2) is 80.7 Å². The fourth-order valence-electron chi connectivity index (χ4n) is 4.42. The summed E-state index contributed by atoms with van der Waals surface area (Å²) in [6.07, 6.45) is 31.7. The summed E-state index contributed by atoms with van der Waals surface area (Å²) >= 11 is 0. The molecule has 1 fully saturated rings. The Morgan fingerprint density at radius 3 is 1.98 bits per heavy atom. The first-order chi connectivity index (χ1) is 22.7. The summed E-state index contributed by atoms with van der Waals surface area (Å²) in [7, 11) is 0. The molecule has 0 aromatic carbocycles. The van der Waals surface area contributed by atoms with Gasteiger partial charge in [-0.25, -0.2) is 0 Å². The molecule has 46 heavy (non-hydrogen) atoms. The number of hydrogen-bond acceptors (Lipinski definition) is 6. The normalized spacial score (nSPS) is 14.1. The predicted molar refractivity (Wildman–Crippen MR) is 193 cm³/mol. The molecule has 0 spiro atoms. The number of morpholine rings is 1. The van der Waals surface area contributed by atoms with Crippen molar-refractivity contribution < 1.29 is 14.3 Å². The number of hydrogen-bond donors (Lipinski definition) is 3. The molecule has 2 rings (SSSR count). The first-order valence-corrected chi connectivity index (χ1v) is 17.4. The standard InChI is InChI=1S/C36H55N5O3.C2H6/c1-2-3-4-5-6-7-8-9-10-11-12-13-14-15-16-17-18-19-35(42)38-25-23-37-24-26-39-36(43)33-20-21-34(40-32-33)22-27-41-28-30-44-31-29-41;1-2/h3-4,6-7,9-10,12-13,15-16,20-21,32,37H,2,5,8,11,14,17-19,22-31H2,1H3,(H,38,42)(H,39,43);1-2H3/b4-3-,7-6-,10-9-,13-12-,16-15-;. The van der Waals surface area contributed by atoms with Crippen molar-refractivity contribution in [2.24, 2.45) is 0 Å². The molecule has 0 unspecified atom stereocenters. The van der Waals surface area contributed by atoms with Crippen LogP contribution in [0.2, 0.25) is 0 Å². The highest BCUT2D eigenvalue weighted by Gasteiger charge is 2.11. The lowest BCUT2D eigenvalue weighted by atomic mass is 10.2. The molecule has 0 atom stereocenters. The van der Waals surface area contributed by atoms with Gasteiger partial charge in [0.2, 0.25) is 5.91 Å². The van der Waals surface area contributed by atoms with Gasteiger partial charge < -0.3 is 20.7 Å². The van der Waals surface area contributed by atoms with Crippen molar-refractivity contribution in [3.05, 3.63) is 90.3 Å². The highest BCUT2D eigenvalue weighted by atomic mass is 16.5.